The number of ether oxygens (including phenoxy) is 2. The average molecular weight is 256 g/mol. The Bertz CT molecular complexity index is 268. The van der Waals surface area contributed by atoms with Crippen LogP contribution in [0.1, 0.15) is 45.4 Å². The lowest BCUT2D eigenvalue weighted by atomic mass is 9.78. The summed E-state index contributed by atoms with van der Waals surface area (Å²) in [6.07, 6.45) is 6.04. The Kier molecular flexibility index (Phi) is 8.08. The van der Waals surface area contributed by atoms with Crippen LogP contribution in [0.2, 0.25) is 0 Å². The van der Waals surface area contributed by atoms with Crippen LogP contribution in [0.25, 0.3) is 0 Å². The van der Waals surface area contributed by atoms with Crippen LogP contribution in [0.3, 0.4) is 0 Å². The number of hydrogen-bond donors (Lipinski definition) is 0. The van der Waals surface area contributed by atoms with Crippen molar-refractivity contribution in [3.05, 3.63) is 12.7 Å². The Morgan fingerprint density at radius 2 is 1.67 bits per heavy atom. The van der Waals surface area contributed by atoms with Crippen molar-refractivity contribution in [3.63, 3.8) is 0 Å². The molecule has 4 heteroatoms. The first-order valence-corrected chi connectivity index (χ1v) is 6.36. The van der Waals surface area contributed by atoms with E-state index in [0.29, 0.717) is 12.8 Å². The molecule has 0 rings (SSSR count). The van der Waals surface area contributed by atoms with Crippen LogP contribution in [0.4, 0.5) is 0 Å². The summed E-state index contributed by atoms with van der Waals surface area (Å²) < 4.78 is 9.58. The first-order valence-electron chi connectivity index (χ1n) is 6.36. The summed E-state index contributed by atoms with van der Waals surface area (Å²) in [4.78, 5) is 23.9. The molecule has 0 unspecified atom stereocenters. The molecule has 0 aromatic heterocycles. The molecule has 0 radical (unpaired) electrons. The summed E-state index contributed by atoms with van der Waals surface area (Å²) >= 11 is 0. The molecule has 0 aliphatic carbocycles. The zero-order chi connectivity index (χ0) is 14.0. The Morgan fingerprint density at radius 1 is 1.11 bits per heavy atom. The highest BCUT2D eigenvalue weighted by Crippen LogP contribution is 2.33. The number of carbonyl (C=O) groups is 2. The van der Waals surface area contributed by atoms with Gasteiger partial charge in [0.1, 0.15) is 0 Å². The summed E-state index contributed by atoms with van der Waals surface area (Å²) in [5.41, 5.74) is -1.14. The van der Waals surface area contributed by atoms with Crippen LogP contribution < -0.4 is 0 Å². The second kappa shape index (κ2) is 8.72. The van der Waals surface area contributed by atoms with Gasteiger partial charge in [0.25, 0.3) is 0 Å². The van der Waals surface area contributed by atoms with Crippen molar-refractivity contribution < 1.29 is 19.1 Å². The number of hydrogen-bond acceptors (Lipinski definition) is 4. The van der Waals surface area contributed by atoms with E-state index < -0.39 is 17.4 Å². The fourth-order valence-electron chi connectivity index (χ4n) is 2.15. The normalized spacial score (nSPS) is 10.8. The van der Waals surface area contributed by atoms with Gasteiger partial charge in [0.05, 0.1) is 14.2 Å². The molecule has 0 saturated carbocycles. The van der Waals surface area contributed by atoms with Gasteiger partial charge in [-0.3, -0.25) is 9.59 Å². The zero-order valence-electron chi connectivity index (χ0n) is 11.7. The lowest BCUT2D eigenvalue weighted by Gasteiger charge is -2.27. The number of unbranched alkanes of at least 4 members (excludes halogenated alkanes) is 2. The van der Waals surface area contributed by atoms with Gasteiger partial charge in [-0.05, 0) is 25.7 Å². The maximum Gasteiger partial charge on any atom is 0.323 e. The predicted molar refractivity (Wildman–Crippen MR) is 70.0 cm³/mol. The minimum Gasteiger partial charge on any atom is -0.468 e. The van der Waals surface area contributed by atoms with Gasteiger partial charge in [-0.1, -0.05) is 25.8 Å². The predicted octanol–water partition coefficient (Wildman–Crippen LogP) is 2.87. The van der Waals surface area contributed by atoms with Crippen LogP contribution in [-0.4, -0.2) is 26.2 Å². The van der Waals surface area contributed by atoms with Crippen LogP contribution in [0, 0.1) is 5.41 Å². The van der Waals surface area contributed by atoms with Crippen molar-refractivity contribution in [2.45, 2.75) is 45.4 Å². The number of carbonyl (C=O) groups excluding carboxylic acids is 2. The lowest BCUT2D eigenvalue weighted by molar-refractivity contribution is -0.170. The second-order valence-electron chi connectivity index (χ2n) is 4.35. The molecular weight excluding hydrogens is 232 g/mol. The summed E-state index contributed by atoms with van der Waals surface area (Å²) in [6, 6.07) is 0. The highest BCUT2D eigenvalue weighted by molar-refractivity contribution is 5.99. The third-order valence-electron chi connectivity index (χ3n) is 3.09. The first kappa shape index (κ1) is 16.7. The van der Waals surface area contributed by atoms with E-state index in [4.69, 9.17) is 9.47 Å². The van der Waals surface area contributed by atoms with E-state index in [-0.39, 0.29) is 0 Å². The molecule has 0 atom stereocenters. The smallest absolute Gasteiger partial charge is 0.323 e. The molecule has 4 nitrogen and oxygen atoms in total. The number of methoxy groups -OCH3 is 2. The largest absolute Gasteiger partial charge is 0.468 e. The number of esters is 2. The van der Waals surface area contributed by atoms with Crippen molar-refractivity contribution in [2.24, 2.45) is 5.41 Å². The first-order chi connectivity index (χ1) is 8.58. The van der Waals surface area contributed by atoms with E-state index in [2.05, 4.69) is 6.58 Å². The van der Waals surface area contributed by atoms with E-state index in [1.165, 1.54) is 14.2 Å². The zero-order valence-corrected chi connectivity index (χ0v) is 11.7. The third kappa shape index (κ3) is 4.17. The average Bonchev–Trinajstić information content (AvgIpc) is 2.40. The molecule has 0 aliphatic rings. The van der Waals surface area contributed by atoms with Crippen LogP contribution in [-0.2, 0) is 19.1 Å². The van der Waals surface area contributed by atoms with Gasteiger partial charge >= 0.3 is 11.9 Å². The summed E-state index contributed by atoms with van der Waals surface area (Å²) in [7, 11) is 2.61. The molecule has 0 aromatic carbocycles. The van der Waals surface area contributed by atoms with Gasteiger partial charge in [-0.2, -0.15) is 0 Å². The molecule has 0 saturated heterocycles. The van der Waals surface area contributed by atoms with Gasteiger partial charge < -0.3 is 9.47 Å². The van der Waals surface area contributed by atoms with Crippen LogP contribution in [0.15, 0.2) is 12.7 Å². The van der Waals surface area contributed by atoms with Gasteiger partial charge in [-0.15, -0.1) is 6.58 Å². The van der Waals surface area contributed by atoms with Crippen LogP contribution in [0.5, 0.6) is 0 Å². The van der Waals surface area contributed by atoms with Crippen molar-refractivity contribution in [1.82, 2.24) is 0 Å². The number of rotatable bonds is 9. The quantitative estimate of drug-likeness (QED) is 0.275. The van der Waals surface area contributed by atoms with E-state index in [0.717, 1.165) is 25.7 Å². The Balaban J connectivity index is 4.89. The van der Waals surface area contributed by atoms with Crippen molar-refractivity contribution in [1.29, 1.82) is 0 Å². The molecule has 0 spiro atoms. The fraction of sp³-hybridized carbons (Fsp3) is 0.714. The molecule has 0 amide bonds. The van der Waals surface area contributed by atoms with Crippen molar-refractivity contribution >= 4 is 11.9 Å². The molecule has 0 bridgehead atoms. The van der Waals surface area contributed by atoms with Crippen molar-refractivity contribution in [3.8, 4) is 0 Å². The molecule has 0 fully saturated rings. The van der Waals surface area contributed by atoms with Crippen molar-refractivity contribution in [2.75, 3.05) is 14.2 Å². The molecule has 0 heterocycles. The monoisotopic (exact) mass is 256 g/mol. The van der Waals surface area contributed by atoms with Gasteiger partial charge in [-0.25, -0.2) is 0 Å². The summed E-state index contributed by atoms with van der Waals surface area (Å²) in [5.74, 6) is -0.982. The minimum atomic E-state index is -1.14. The van der Waals surface area contributed by atoms with Gasteiger partial charge in [0, 0.05) is 0 Å². The fourth-order valence-corrected chi connectivity index (χ4v) is 2.15. The highest BCUT2D eigenvalue weighted by Gasteiger charge is 2.46. The highest BCUT2D eigenvalue weighted by atomic mass is 16.5. The lowest BCUT2D eigenvalue weighted by Crippen LogP contribution is -2.41. The molecular formula is C14H24O4. The molecule has 104 valence electrons. The maximum absolute atomic E-state index is 11.9. The van der Waals surface area contributed by atoms with E-state index in [1.54, 1.807) is 0 Å². The molecule has 0 aliphatic heterocycles. The number of allylic oxidation sites excluding steroid dienone is 1. The molecule has 0 aromatic rings. The molecule has 18 heavy (non-hydrogen) atoms. The Morgan fingerprint density at radius 3 is 2.06 bits per heavy atom. The second-order valence-corrected chi connectivity index (χ2v) is 4.35. The van der Waals surface area contributed by atoms with E-state index in [1.807, 2.05) is 13.0 Å². The Hall–Kier alpha value is -1.32. The SMILES string of the molecule is C=CCCCCC(CCC)(C(=O)OC)C(=O)OC. The molecule has 0 N–H and O–H groups in total. The van der Waals surface area contributed by atoms with Crippen LogP contribution >= 0.6 is 0 Å². The maximum atomic E-state index is 11.9. The van der Waals surface area contributed by atoms with Gasteiger partial charge in [0.2, 0.25) is 0 Å². The standard InChI is InChI=1S/C14H24O4/c1-5-7-8-9-11-14(10-6-2,12(15)17-3)13(16)18-4/h5H,1,6-11H2,2-4H3. The summed E-state index contributed by atoms with van der Waals surface area (Å²) in [5, 5.41) is 0. The topological polar surface area (TPSA) is 52.6 Å². The summed E-state index contributed by atoms with van der Waals surface area (Å²) in [6.45, 7) is 5.59. The van der Waals surface area contributed by atoms with Gasteiger partial charge in [0.15, 0.2) is 5.41 Å². The van der Waals surface area contributed by atoms with E-state index in [9.17, 15) is 9.59 Å². The van der Waals surface area contributed by atoms with E-state index >= 15 is 0 Å². The third-order valence-corrected chi connectivity index (χ3v) is 3.09. The Labute approximate surface area is 109 Å². The minimum absolute atomic E-state index is 0.459.